The van der Waals surface area contributed by atoms with Crippen molar-refractivity contribution in [3.05, 3.63) is 35.4 Å². The Morgan fingerprint density at radius 3 is 2.00 bits per heavy atom. The Hall–Kier alpha value is -1.60. The van der Waals surface area contributed by atoms with Gasteiger partial charge in [-0.25, -0.2) is 0 Å². The van der Waals surface area contributed by atoms with Crippen molar-refractivity contribution >= 4 is 5.91 Å². The van der Waals surface area contributed by atoms with Crippen molar-refractivity contribution in [1.82, 2.24) is 4.90 Å². The predicted molar refractivity (Wildman–Crippen MR) is 59.4 cm³/mol. The molecule has 4 nitrogen and oxygen atoms in total. The fraction of sp³-hybridized carbons (Fsp3) is 0.417. The molecule has 7 heteroatoms. The molecule has 1 heterocycles. The quantitative estimate of drug-likeness (QED) is 0.800. The summed E-state index contributed by atoms with van der Waals surface area (Å²) in [6.07, 6.45) is -6.47. The molecule has 1 aromatic carbocycles. The maximum atomic E-state index is 12.4. The highest BCUT2D eigenvalue weighted by Gasteiger charge is 2.34. The number of aliphatic hydroxyl groups excluding tert-OH is 2. The molecule has 1 amide bonds. The van der Waals surface area contributed by atoms with Gasteiger partial charge in [0.1, 0.15) is 0 Å². The van der Waals surface area contributed by atoms with Gasteiger partial charge >= 0.3 is 6.18 Å². The van der Waals surface area contributed by atoms with Gasteiger partial charge < -0.3 is 15.1 Å². The minimum Gasteiger partial charge on any atom is -0.388 e. The van der Waals surface area contributed by atoms with Crippen molar-refractivity contribution in [3.8, 4) is 0 Å². The van der Waals surface area contributed by atoms with Gasteiger partial charge in [-0.15, -0.1) is 0 Å². The zero-order chi connectivity index (χ0) is 14.2. The Kier molecular flexibility index (Phi) is 3.51. The molecular weight excluding hydrogens is 263 g/mol. The van der Waals surface area contributed by atoms with Crippen LogP contribution >= 0.6 is 0 Å². The first-order valence-electron chi connectivity index (χ1n) is 5.61. The number of likely N-dealkylation sites (tertiary alicyclic amines) is 1. The highest BCUT2D eigenvalue weighted by Crippen LogP contribution is 2.29. The molecule has 0 radical (unpaired) electrons. The molecule has 0 aliphatic carbocycles. The van der Waals surface area contributed by atoms with Crippen LogP contribution in [-0.4, -0.2) is 46.3 Å². The number of rotatable bonds is 1. The second-order valence-corrected chi connectivity index (χ2v) is 4.42. The van der Waals surface area contributed by atoms with E-state index in [4.69, 9.17) is 0 Å². The van der Waals surface area contributed by atoms with Crippen LogP contribution in [0, 0.1) is 0 Å². The van der Waals surface area contributed by atoms with Crippen LogP contribution in [0.1, 0.15) is 15.9 Å². The Bertz CT molecular complexity index is 462. The van der Waals surface area contributed by atoms with Gasteiger partial charge in [-0.2, -0.15) is 13.2 Å². The Morgan fingerprint density at radius 2 is 1.58 bits per heavy atom. The molecule has 2 rings (SSSR count). The lowest BCUT2D eigenvalue weighted by atomic mass is 10.1. The van der Waals surface area contributed by atoms with E-state index >= 15 is 0 Å². The van der Waals surface area contributed by atoms with Crippen molar-refractivity contribution in [1.29, 1.82) is 0 Å². The van der Waals surface area contributed by atoms with Crippen LogP contribution in [0.15, 0.2) is 24.3 Å². The third-order valence-corrected chi connectivity index (χ3v) is 3.01. The molecule has 0 unspecified atom stereocenters. The highest BCUT2D eigenvalue weighted by atomic mass is 19.4. The van der Waals surface area contributed by atoms with Gasteiger partial charge in [0.05, 0.1) is 17.8 Å². The van der Waals surface area contributed by atoms with Crippen molar-refractivity contribution in [2.75, 3.05) is 13.1 Å². The van der Waals surface area contributed by atoms with Gasteiger partial charge in [-0.1, -0.05) is 0 Å². The van der Waals surface area contributed by atoms with Gasteiger partial charge in [0.15, 0.2) is 0 Å². The van der Waals surface area contributed by atoms with E-state index in [1.165, 1.54) is 4.90 Å². The van der Waals surface area contributed by atoms with Crippen molar-refractivity contribution in [3.63, 3.8) is 0 Å². The van der Waals surface area contributed by atoms with Gasteiger partial charge in [0, 0.05) is 18.7 Å². The number of amides is 1. The summed E-state index contributed by atoms with van der Waals surface area (Å²) in [4.78, 5) is 13.1. The number of β-amino-alcohol motifs (C(OH)–C–C–N with tert-alkyl or cyclic N) is 2. The molecule has 1 saturated heterocycles. The maximum Gasteiger partial charge on any atom is 0.416 e. The van der Waals surface area contributed by atoms with Gasteiger partial charge in [-0.05, 0) is 24.3 Å². The summed E-state index contributed by atoms with van der Waals surface area (Å²) in [6, 6.07) is 3.83. The number of halogens is 3. The fourth-order valence-corrected chi connectivity index (χ4v) is 1.92. The number of nitrogens with zero attached hydrogens (tertiary/aromatic N) is 1. The van der Waals surface area contributed by atoms with E-state index in [0.29, 0.717) is 0 Å². The lowest BCUT2D eigenvalue weighted by Crippen LogP contribution is -2.29. The van der Waals surface area contributed by atoms with Crippen molar-refractivity contribution in [2.45, 2.75) is 18.4 Å². The molecule has 0 spiro atoms. The zero-order valence-electron chi connectivity index (χ0n) is 9.76. The van der Waals surface area contributed by atoms with E-state index in [-0.39, 0.29) is 18.7 Å². The van der Waals surface area contributed by atoms with Gasteiger partial charge in [0.25, 0.3) is 5.91 Å². The van der Waals surface area contributed by atoms with Crippen molar-refractivity contribution in [2.24, 2.45) is 0 Å². The lowest BCUT2D eigenvalue weighted by molar-refractivity contribution is -0.137. The van der Waals surface area contributed by atoms with Crippen LogP contribution in [0.3, 0.4) is 0 Å². The van der Waals surface area contributed by atoms with Crippen LogP contribution in [0.2, 0.25) is 0 Å². The van der Waals surface area contributed by atoms with Crippen LogP contribution < -0.4 is 0 Å². The Balaban J connectivity index is 2.13. The third kappa shape index (κ3) is 2.87. The summed E-state index contributed by atoms with van der Waals surface area (Å²) < 4.78 is 37.1. The van der Waals surface area contributed by atoms with E-state index in [1.54, 1.807) is 0 Å². The molecule has 1 aliphatic rings. The molecule has 2 N–H and O–H groups in total. The first-order chi connectivity index (χ1) is 8.79. The predicted octanol–water partition coefficient (Wildman–Crippen LogP) is 0.883. The molecule has 1 aromatic rings. The number of carbonyl (C=O) groups excluding carboxylic acids is 1. The van der Waals surface area contributed by atoms with Gasteiger partial charge in [0.2, 0.25) is 0 Å². The molecule has 1 fully saturated rings. The Labute approximate surface area is 107 Å². The minimum absolute atomic E-state index is 0.0268. The summed E-state index contributed by atoms with van der Waals surface area (Å²) in [5.74, 6) is -0.510. The molecule has 2 atom stereocenters. The van der Waals surface area contributed by atoms with E-state index in [0.717, 1.165) is 24.3 Å². The number of carbonyl (C=O) groups is 1. The third-order valence-electron chi connectivity index (χ3n) is 3.01. The second-order valence-electron chi connectivity index (χ2n) is 4.42. The maximum absolute atomic E-state index is 12.4. The van der Waals surface area contributed by atoms with E-state index in [1.807, 2.05) is 0 Å². The first-order valence-corrected chi connectivity index (χ1v) is 5.61. The number of alkyl halides is 3. The average Bonchev–Trinajstić information content (AvgIpc) is 2.68. The summed E-state index contributed by atoms with van der Waals surface area (Å²) in [7, 11) is 0. The van der Waals surface area contributed by atoms with Crippen LogP contribution in [0.4, 0.5) is 13.2 Å². The van der Waals surface area contributed by atoms with Crippen LogP contribution in [-0.2, 0) is 6.18 Å². The summed E-state index contributed by atoms with van der Waals surface area (Å²) >= 11 is 0. The van der Waals surface area contributed by atoms with Gasteiger partial charge in [-0.3, -0.25) is 4.79 Å². The van der Waals surface area contributed by atoms with Crippen LogP contribution in [0.5, 0.6) is 0 Å². The molecule has 104 valence electrons. The average molecular weight is 275 g/mol. The zero-order valence-corrected chi connectivity index (χ0v) is 9.76. The summed E-state index contributed by atoms with van der Waals surface area (Å²) in [5.41, 5.74) is -0.736. The fourth-order valence-electron chi connectivity index (χ4n) is 1.92. The normalized spacial score (nSPS) is 23.7. The molecular formula is C12H12F3NO3. The lowest BCUT2D eigenvalue weighted by Gasteiger charge is -2.15. The smallest absolute Gasteiger partial charge is 0.388 e. The monoisotopic (exact) mass is 275 g/mol. The van der Waals surface area contributed by atoms with Crippen LogP contribution in [0.25, 0.3) is 0 Å². The van der Waals surface area contributed by atoms with E-state index < -0.39 is 29.9 Å². The van der Waals surface area contributed by atoms with E-state index in [9.17, 15) is 28.2 Å². The molecule has 19 heavy (non-hydrogen) atoms. The SMILES string of the molecule is O=C(c1ccc(C(F)(F)F)cc1)N1C[C@@H](O)[C@@H](O)C1. The topological polar surface area (TPSA) is 60.8 Å². The molecule has 0 saturated carbocycles. The van der Waals surface area contributed by atoms with E-state index in [2.05, 4.69) is 0 Å². The second kappa shape index (κ2) is 4.82. The molecule has 0 bridgehead atoms. The largest absolute Gasteiger partial charge is 0.416 e. The summed E-state index contributed by atoms with van der Waals surface area (Å²) in [6.45, 7) is -0.0535. The number of benzene rings is 1. The highest BCUT2D eigenvalue weighted by molar-refractivity contribution is 5.94. The number of aliphatic hydroxyl groups is 2. The first kappa shape index (κ1) is 13.8. The van der Waals surface area contributed by atoms with Crippen molar-refractivity contribution < 1.29 is 28.2 Å². The number of hydrogen-bond donors (Lipinski definition) is 2. The molecule has 1 aliphatic heterocycles. The minimum atomic E-state index is -4.44. The standard InChI is InChI=1S/C12H12F3NO3/c13-12(14,15)8-3-1-7(2-4-8)11(19)16-5-9(17)10(18)6-16/h1-4,9-10,17-18H,5-6H2/t9-,10+. The Morgan fingerprint density at radius 1 is 1.11 bits per heavy atom. The molecule has 0 aromatic heterocycles. The number of hydrogen-bond acceptors (Lipinski definition) is 3. The summed E-state index contributed by atoms with van der Waals surface area (Å²) in [5, 5.41) is 18.6.